The van der Waals surface area contributed by atoms with Gasteiger partial charge in [-0.15, -0.1) is 0 Å². The fourth-order valence-electron chi connectivity index (χ4n) is 2.31. The SMILES string of the molecule is Cc1ccncc1C(O)C1(O)CCCC1. The minimum atomic E-state index is -0.937. The molecular weight excluding hydrogens is 190 g/mol. The van der Waals surface area contributed by atoms with Crippen LogP contribution in [0, 0.1) is 6.92 Å². The molecule has 3 heteroatoms. The molecule has 1 unspecified atom stereocenters. The third-order valence-electron chi connectivity index (χ3n) is 3.35. The van der Waals surface area contributed by atoms with Crippen LogP contribution in [0.5, 0.6) is 0 Å². The van der Waals surface area contributed by atoms with Gasteiger partial charge in [-0.05, 0) is 31.4 Å². The Morgan fingerprint density at radius 1 is 1.40 bits per heavy atom. The number of pyridine rings is 1. The summed E-state index contributed by atoms with van der Waals surface area (Å²) in [4.78, 5) is 4.00. The molecule has 0 spiro atoms. The molecule has 1 saturated carbocycles. The second-order valence-corrected chi connectivity index (χ2v) is 4.45. The van der Waals surface area contributed by atoms with Crippen LogP contribution >= 0.6 is 0 Å². The van der Waals surface area contributed by atoms with E-state index in [1.54, 1.807) is 12.4 Å². The van der Waals surface area contributed by atoms with Gasteiger partial charge in [0.05, 0.1) is 5.60 Å². The first-order valence-corrected chi connectivity index (χ1v) is 5.44. The summed E-state index contributed by atoms with van der Waals surface area (Å²) in [5.74, 6) is 0. The molecule has 0 aromatic carbocycles. The molecule has 1 aromatic heterocycles. The van der Waals surface area contributed by atoms with E-state index in [2.05, 4.69) is 4.98 Å². The normalized spacial score (nSPS) is 21.5. The van der Waals surface area contributed by atoms with E-state index in [1.165, 1.54) is 0 Å². The molecule has 82 valence electrons. The minimum absolute atomic E-state index is 0.683. The summed E-state index contributed by atoms with van der Waals surface area (Å²) in [6.45, 7) is 1.93. The van der Waals surface area contributed by atoms with E-state index in [9.17, 15) is 10.2 Å². The first kappa shape index (κ1) is 10.6. The summed E-state index contributed by atoms with van der Waals surface area (Å²) in [6, 6.07) is 1.86. The maximum Gasteiger partial charge on any atom is 0.109 e. The van der Waals surface area contributed by atoms with Crippen molar-refractivity contribution in [2.24, 2.45) is 0 Å². The average Bonchev–Trinajstić information content (AvgIpc) is 2.66. The summed E-state index contributed by atoms with van der Waals surface area (Å²) in [5, 5.41) is 20.4. The zero-order valence-electron chi connectivity index (χ0n) is 8.98. The van der Waals surface area contributed by atoms with E-state index in [4.69, 9.17) is 0 Å². The molecule has 1 aliphatic carbocycles. The van der Waals surface area contributed by atoms with E-state index in [-0.39, 0.29) is 0 Å². The van der Waals surface area contributed by atoms with Gasteiger partial charge in [0.2, 0.25) is 0 Å². The van der Waals surface area contributed by atoms with Crippen molar-refractivity contribution < 1.29 is 10.2 Å². The molecule has 0 bridgehead atoms. The highest BCUT2D eigenvalue weighted by Gasteiger charge is 2.39. The zero-order chi connectivity index (χ0) is 10.9. The molecule has 1 aromatic rings. The molecule has 0 amide bonds. The van der Waals surface area contributed by atoms with Gasteiger partial charge in [0.25, 0.3) is 0 Å². The van der Waals surface area contributed by atoms with Gasteiger partial charge in [-0.3, -0.25) is 4.98 Å². The second kappa shape index (κ2) is 3.91. The summed E-state index contributed by atoms with van der Waals surface area (Å²) in [5.41, 5.74) is 0.799. The van der Waals surface area contributed by atoms with Gasteiger partial charge < -0.3 is 10.2 Å². The van der Waals surface area contributed by atoms with Crippen LogP contribution in [0.15, 0.2) is 18.5 Å². The Hall–Kier alpha value is -0.930. The van der Waals surface area contributed by atoms with Gasteiger partial charge >= 0.3 is 0 Å². The quantitative estimate of drug-likeness (QED) is 0.776. The lowest BCUT2D eigenvalue weighted by atomic mass is 9.88. The van der Waals surface area contributed by atoms with Gasteiger partial charge in [0, 0.05) is 18.0 Å². The number of aryl methyl sites for hydroxylation is 1. The van der Waals surface area contributed by atoms with Crippen molar-refractivity contribution in [1.29, 1.82) is 0 Å². The Kier molecular flexibility index (Phi) is 2.76. The molecule has 3 nitrogen and oxygen atoms in total. The smallest absolute Gasteiger partial charge is 0.109 e. The Labute approximate surface area is 89.8 Å². The standard InChI is InChI=1S/C12H17NO2/c1-9-4-7-13-8-10(9)11(14)12(15)5-2-3-6-12/h4,7-8,11,14-15H,2-3,5-6H2,1H3. The zero-order valence-corrected chi connectivity index (χ0v) is 8.98. The Balaban J connectivity index is 2.27. The first-order chi connectivity index (χ1) is 7.13. The van der Waals surface area contributed by atoms with Crippen molar-refractivity contribution >= 4 is 0 Å². The molecule has 1 heterocycles. The number of aliphatic hydroxyl groups is 2. The molecule has 2 rings (SSSR count). The number of hydrogen-bond acceptors (Lipinski definition) is 3. The van der Waals surface area contributed by atoms with Gasteiger partial charge in [-0.1, -0.05) is 12.8 Å². The van der Waals surface area contributed by atoms with Crippen LogP contribution in [0.25, 0.3) is 0 Å². The summed E-state index contributed by atoms with van der Waals surface area (Å²) >= 11 is 0. The van der Waals surface area contributed by atoms with Gasteiger partial charge in [0.15, 0.2) is 0 Å². The van der Waals surface area contributed by atoms with Crippen molar-refractivity contribution in [3.05, 3.63) is 29.6 Å². The van der Waals surface area contributed by atoms with Crippen molar-refractivity contribution in [2.75, 3.05) is 0 Å². The lowest BCUT2D eigenvalue weighted by Gasteiger charge is -2.29. The van der Waals surface area contributed by atoms with Crippen LogP contribution in [-0.4, -0.2) is 20.8 Å². The molecule has 1 aliphatic rings. The predicted molar refractivity (Wildman–Crippen MR) is 57.4 cm³/mol. The van der Waals surface area contributed by atoms with Crippen LogP contribution in [0.2, 0.25) is 0 Å². The molecule has 1 atom stereocenters. The molecular formula is C12H17NO2. The fraction of sp³-hybridized carbons (Fsp3) is 0.583. The van der Waals surface area contributed by atoms with E-state index >= 15 is 0 Å². The maximum absolute atomic E-state index is 10.3. The van der Waals surface area contributed by atoms with E-state index in [1.807, 2.05) is 13.0 Å². The minimum Gasteiger partial charge on any atom is -0.387 e. The lowest BCUT2D eigenvalue weighted by Crippen LogP contribution is -2.33. The van der Waals surface area contributed by atoms with E-state index in [0.29, 0.717) is 12.8 Å². The highest BCUT2D eigenvalue weighted by molar-refractivity contribution is 5.26. The summed E-state index contributed by atoms with van der Waals surface area (Å²) < 4.78 is 0. The Bertz CT molecular complexity index is 345. The van der Waals surface area contributed by atoms with Crippen LogP contribution in [-0.2, 0) is 0 Å². The monoisotopic (exact) mass is 207 g/mol. The topological polar surface area (TPSA) is 53.4 Å². The number of aliphatic hydroxyl groups excluding tert-OH is 1. The number of nitrogens with zero attached hydrogens (tertiary/aromatic N) is 1. The van der Waals surface area contributed by atoms with Gasteiger partial charge in [0.1, 0.15) is 6.10 Å². The summed E-state index contributed by atoms with van der Waals surface area (Å²) in [6.07, 6.45) is 5.90. The first-order valence-electron chi connectivity index (χ1n) is 5.44. The number of aromatic nitrogens is 1. The third kappa shape index (κ3) is 1.90. The van der Waals surface area contributed by atoms with Crippen molar-refractivity contribution in [3.8, 4) is 0 Å². The van der Waals surface area contributed by atoms with Gasteiger partial charge in [-0.25, -0.2) is 0 Å². The van der Waals surface area contributed by atoms with Crippen molar-refractivity contribution in [3.63, 3.8) is 0 Å². The maximum atomic E-state index is 10.3. The average molecular weight is 207 g/mol. The molecule has 0 aliphatic heterocycles. The predicted octanol–water partition coefficient (Wildman–Crippen LogP) is 1.73. The Morgan fingerprint density at radius 3 is 2.67 bits per heavy atom. The van der Waals surface area contributed by atoms with Crippen LogP contribution in [0.4, 0.5) is 0 Å². The highest BCUT2D eigenvalue weighted by atomic mass is 16.3. The number of rotatable bonds is 2. The molecule has 0 saturated heterocycles. The highest BCUT2D eigenvalue weighted by Crippen LogP contribution is 2.40. The molecule has 2 N–H and O–H groups in total. The van der Waals surface area contributed by atoms with Gasteiger partial charge in [-0.2, -0.15) is 0 Å². The largest absolute Gasteiger partial charge is 0.387 e. The van der Waals surface area contributed by atoms with E-state index < -0.39 is 11.7 Å². The second-order valence-electron chi connectivity index (χ2n) is 4.45. The summed E-state index contributed by atoms with van der Waals surface area (Å²) in [7, 11) is 0. The van der Waals surface area contributed by atoms with Crippen LogP contribution in [0.1, 0.15) is 42.9 Å². The van der Waals surface area contributed by atoms with E-state index in [0.717, 1.165) is 24.0 Å². The van der Waals surface area contributed by atoms with Crippen molar-refractivity contribution in [2.45, 2.75) is 44.3 Å². The van der Waals surface area contributed by atoms with Crippen LogP contribution < -0.4 is 0 Å². The molecule has 0 radical (unpaired) electrons. The lowest BCUT2D eigenvalue weighted by molar-refractivity contribution is -0.0723. The number of hydrogen-bond donors (Lipinski definition) is 2. The molecule has 15 heavy (non-hydrogen) atoms. The van der Waals surface area contributed by atoms with Crippen molar-refractivity contribution in [1.82, 2.24) is 4.98 Å². The Morgan fingerprint density at radius 2 is 2.07 bits per heavy atom. The van der Waals surface area contributed by atoms with Crippen LogP contribution in [0.3, 0.4) is 0 Å². The molecule has 1 fully saturated rings. The third-order valence-corrected chi connectivity index (χ3v) is 3.35. The fourth-order valence-corrected chi connectivity index (χ4v) is 2.31.